The Morgan fingerprint density at radius 3 is 2.42 bits per heavy atom. The van der Waals surface area contributed by atoms with Gasteiger partial charge in [-0.1, -0.05) is 42.5 Å². The van der Waals surface area contributed by atoms with Crippen molar-refractivity contribution in [3.8, 4) is 0 Å². The molecule has 0 spiro atoms. The molecule has 0 unspecified atom stereocenters. The Bertz CT molecular complexity index is 718. The third kappa shape index (κ3) is 4.19. The largest absolute Gasteiger partial charge is 0.353 e. The maximum absolute atomic E-state index is 4.75. The van der Waals surface area contributed by atoms with Gasteiger partial charge in [-0.15, -0.1) is 5.10 Å². The molecule has 26 heavy (non-hydrogen) atoms. The highest BCUT2D eigenvalue weighted by atomic mass is 15.4. The molecule has 3 heterocycles. The van der Waals surface area contributed by atoms with Gasteiger partial charge in [0, 0.05) is 45.8 Å². The average Bonchev–Trinajstić information content (AvgIpc) is 3.24. The van der Waals surface area contributed by atoms with Crippen molar-refractivity contribution in [3.63, 3.8) is 0 Å². The molecule has 0 amide bonds. The summed E-state index contributed by atoms with van der Waals surface area (Å²) < 4.78 is 0. The first-order chi connectivity index (χ1) is 12.9. The molecule has 136 valence electrons. The highest BCUT2D eigenvalue weighted by Crippen LogP contribution is 2.19. The molecule has 1 aromatic heterocycles. The smallest absolute Gasteiger partial charge is 0.247 e. The van der Waals surface area contributed by atoms with E-state index in [1.165, 1.54) is 18.4 Å². The third-order valence-corrected chi connectivity index (χ3v) is 5.09. The van der Waals surface area contributed by atoms with Crippen molar-refractivity contribution in [1.82, 2.24) is 20.1 Å². The lowest BCUT2D eigenvalue weighted by Crippen LogP contribution is -2.46. The van der Waals surface area contributed by atoms with E-state index >= 15 is 0 Å². The van der Waals surface area contributed by atoms with E-state index in [9.17, 15) is 0 Å². The second-order valence-corrected chi connectivity index (χ2v) is 6.91. The molecule has 2 fully saturated rings. The molecule has 0 aliphatic carbocycles. The van der Waals surface area contributed by atoms with Crippen LogP contribution in [0.4, 0.5) is 11.8 Å². The SMILES string of the molecule is C(=C\c1ccccc1)/CN1CCN(c2cnnc(N3CCCC3)n2)CC1. The quantitative estimate of drug-likeness (QED) is 0.825. The van der Waals surface area contributed by atoms with E-state index in [2.05, 4.69) is 61.3 Å². The number of nitrogens with zero attached hydrogens (tertiary/aromatic N) is 6. The minimum absolute atomic E-state index is 0.785. The summed E-state index contributed by atoms with van der Waals surface area (Å²) in [7, 11) is 0. The van der Waals surface area contributed by atoms with Crippen molar-refractivity contribution in [2.24, 2.45) is 0 Å². The summed E-state index contributed by atoms with van der Waals surface area (Å²) >= 11 is 0. The number of hydrogen-bond acceptors (Lipinski definition) is 6. The van der Waals surface area contributed by atoms with Crippen LogP contribution < -0.4 is 9.80 Å². The van der Waals surface area contributed by atoms with Crippen LogP contribution >= 0.6 is 0 Å². The van der Waals surface area contributed by atoms with Gasteiger partial charge in [0.05, 0.1) is 6.20 Å². The highest BCUT2D eigenvalue weighted by molar-refractivity contribution is 5.49. The van der Waals surface area contributed by atoms with Crippen LogP contribution in [-0.2, 0) is 0 Å². The van der Waals surface area contributed by atoms with E-state index < -0.39 is 0 Å². The maximum atomic E-state index is 4.75. The predicted octanol–water partition coefficient (Wildman–Crippen LogP) is 2.31. The Kier molecular flexibility index (Phi) is 5.40. The molecule has 2 aliphatic rings. The van der Waals surface area contributed by atoms with E-state index in [4.69, 9.17) is 4.98 Å². The molecule has 1 aromatic carbocycles. The zero-order valence-electron chi connectivity index (χ0n) is 15.2. The van der Waals surface area contributed by atoms with Gasteiger partial charge in [0.25, 0.3) is 0 Å². The second kappa shape index (κ2) is 8.27. The minimum atomic E-state index is 0.785. The Hall–Kier alpha value is -2.47. The summed E-state index contributed by atoms with van der Waals surface area (Å²) in [5.41, 5.74) is 1.26. The number of benzene rings is 1. The molecule has 6 heteroatoms. The topological polar surface area (TPSA) is 48.4 Å². The summed E-state index contributed by atoms with van der Waals surface area (Å²) in [6, 6.07) is 10.5. The zero-order chi connectivity index (χ0) is 17.6. The third-order valence-electron chi connectivity index (χ3n) is 5.09. The van der Waals surface area contributed by atoms with Gasteiger partial charge in [0.2, 0.25) is 5.95 Å². The van der Waals surface area contributed by atoms with Gasteiger partial charge in [-0.05, 0) is 18.4 Å². The monoisotopic (exact) mass is 350 g/mol. The molecule has 0 atom stereocenters. The van der Waals surface area contributed by atoms with Gasteiger partial charge < -0.3 is 9.80 Å². The van der Waals surface area contributed by atoms with Gasteiger partial charge in [-0.2, -0.15) is 10.1 Å². The molecule has 6 nitrogen and oxygen atoms in total. The lowest BCUT2D eigenvalue weighted by atomic mass is 10.2. The molecule has 0 N–H and O–H groups in total. The van der Waals surface area contributed by atoms with Crippen molar-refractivity contribution < 1.29 is 0 Å². The van der Waals surface area contributed by atoms with Gasteiger partial charge in [0.15, 0.2) is 5.82 Å². The number of rotatable bonds is 5. The van der Waals surface area contributed by atoms with Crippen LogP contribution in [-0.4, -0.2) is 65.9 Å². The second-order valence-electron chi connectivity index (χ2n) is 6.91. The fourth-order valence-corrected chi connectivity index (χ4v) is 3.55. The number of aromatic nitrogens is 3. The molecule has 0 radical (unpaired) electrons. The van der Waals surface area contributed by atoms with Crippen LogP contribution in [0.5, 0.6) is 0 Å². The molecule has 4 rings (SSSR count). The summed E-state index contributed by atoms with van der Waals surface area (Å²) in [5.74, 6) is 1.75. The predicted molar refractivity (Wildman–Crippen MR) is 105 cm³/mol. The van der Waals surface area contributed by atoms with Crippen molar-refractivity contribution in [2.45, 2.75) is 12.8 Å². The normalized spacial score (nSPS) is 18.8. The van der Waals surface area contributed by atoms with Crippen LogP contribution in [0.15, 0.2) is 42.6 Å². The molecule has 0 bridgehead atoms. The zero-order valence-corrected chi connectivity index (χ0v) is 15.2. The van der Waals surface area contributed by atoms with Crippen LogP contribution in [0.1, 0.15) is 18.4 Å². The first kappa shape index (κ1) is 17.0. The lowest BCUT2D eigenvalue weighted by Gasteiger charge is -2.34. The lowest BCUT2D eigenvalue weighted by molar-refractivity contribution is 0.283. The minimum Gasteiger partial charge on any atom is -0.353 e. The fraction of sp³-hybridized carbons (Fsp3) is 0.450. The average molecular weight is 350 g/mol. The Labute approximate surface area is 155 Å². The summed E-state index contributed by atoms with van der Waals surface area (Å²) in [6.45, 7) is 7.14. The molecular formula is C20H26N6. The van der Waals surface area contributed by atoms with Crippen molar-refractivity contribution in [1.29, 1.82) is 0 Å². The molecular weight excluding hydrogens is 324 g/mol. The Balaban J connectivity index is 1.29. The number of anilines is 2. The van der Waals surface area contributed by atoms with Gasteiger partial charge in [-0.25, -0.2) is 0 Å². The molecule has 2 aliphatic heterocycles. The molecule has 0 saturated carbocycles. The van der Waals surface area contributed by atoms with Crippen LogP contribution in [0.3, 0.4) is 0 Å². The van der Waals surface area contributed by atoms with Crippen LogP contribution in [0.2, 0.25) is 0 Å². The van der Waals surface area contributed by atoms with E-state index in [-0.39, 0.29) is 0 Å². The van der Waals surface area contributed by atoms with E-state index in [1.54, 1.807) is 6.20 Å². The number of hydrogen-bond donors (Lipinski definition) is 0. The summed E-state index contributed by atoms with van der Waals surface area (Å²) in [4.78, 5) is 11.8. The summed E-state index contributed by atoms with van der Waals surface area (Å²) in [5, 5.41) is 8.41. The van der Waals surface area contributed by atoms with Crippen molar-refractivity contribution in [3.05, 3.63) is 48.2 Å². The van der Waals surface area contributed by atoms with Gasteiger partial charge in [-0.3, -0.25) is 4.90 Å². The first-order valence-corrected chi connectivity index (χ1v) is 9.52. The van der Waals surface area contributed by atoms with Gasteiger partial charge >= 0.3 is 0 Å². The van der Waals surface area contributed by atoms with Crippen molar-refractivity contribution >= 4 is 17.8 Å². The van der Waals surface area contributed by atoms with Crippen LogP contribution in [0, 0.1) is 0 Å². The van der Waals surface area contributed by atoms with Crippen LogP contribution in [0.25, 0.3) is 6.08 Å². The highest BCUT2D eigenvalue weighted by Gasteiger charge is 2.20. The number of piperazine rings is 1. The molecule has 2 saturated heterocycles. The Morgan fingerprint density at radius 2 is 1.65 bits per heavy atom. The van der Waals surface area contributed by atoms with E-state index in [1.807, 2.05) is 6.07 Å². The van der Waals surface area contributed by atoms with Crippen molar-refractivity contribution in [2.75, 3.05) is 55.6 Å². The first-order valence-electron chi connectivity index (χ1n) is 9.52. The maximum Gasteiger partial charge on any atom is 0.247 e. The molecule has 2 aromatic rings. The van der Waals surface area contributed by atoms with E-state index in [0.717, 1.165) is 57.6 Å². The summed E-state index contributed by atoms with van der Waals surface area (Å²) in [6.07, 6.45) is 8.70. The fourth-order valence-electron chi connectivity index (χ4n) is 3.55. The van der Waals surface area contributed by atoms with Gasteiger partial charge in [0.1, 0.15) is 0 Å². The Morgan fingerprint density at radius 1 is 0.885 bits per heavy atom. The standard InChI is InChI=1S/C20H26N6/c1-2-7-18(8-3-1)9-6-10-24-13-15-25(16-14-24)19-17-21-23-20(22-19)26-11-4-5-12-26/h1-3,6-9,17H,4-5,10-16H2/b9-6+. The van der Waals surface area contributed by atoms with E-state index in [0.29, 0.717) is 0 Å².